The Labute approximate surface area is 117 Å². The van der Waals surface area contributed by atoms with Crippen molar-refractivity contribution in [1.82, 2.24) is 20.3 Å². The number of hydrogen-bond acceptors (Lipinski definition) is 5. The average Bonchev–Trinajstić information content (AvgIpc) is 2.46. The van der Waals surface area contributed by atoms with Crippen LogP contribution < -0.4 is 10.6 Å². The number of nitrogens with one attached hydrogen (secondary N) is 2. The van der Waals surface area contributed by atoms with Crippen molar-refractivity contribution >= 4 is 11.9 Å². The van der Waals surface area contributed by atoms with Gasteiger partial charge in [0.1, 0.15) is 0 Å². The normalized spacial score (nSPS) is 10.3. The van der Waals surface area contributed by atoms with Crippen molar-refractivity contribution in [3.8, 4) is 0 Å². The van der Waals surface area contributed by atoms with E-state index in [0.29, 0.717) is 18.1 Å². The minimum atomic E-state index is -0.204. The van der Waals surface area contributed by atoms with Gasteiger partial charge in [-0.2, -0.15) is 0 Å². The Morgan fingerprint density at radius 1 is 1.25 bits per heavy atom. The number of anilines is 1. The van der Waals surface area contributed by atoms with E-state index in [-0.39, 0.29) is 11.9 Å². The van der Waals surface area contributed by atoms with Gasteiger partial charge in [0.05, 0.1) is 5.56 Å². The van der Waals surface area contributed by atoms with Crippen molar-refractivity contribution in [2.45, 2.75) is 26.4 Å². The number of amides is 1. The van der Waals surface area contributed by atoms with Gasteiger partial charge in [0, 0.05) is 37.4 Å². The molecule has 0 radical (unpaired) electrons. The summed E-state index contributed by atoms with van der Waals surface area (Å²) in [6, 6.07) is 3.98. The predicted octanol–water partition coefficient (Wildman–Crippen LogP) is 1.62. The molecule has 0 fully saturated rings. The van der Waals surface area contributed by atoms with E-state index in [0.717, 1.165) is 5.56 Å². The minimum absolute atomic E-state index is 0.204. The Kier molecular flexibility index (Phi) is 4.60. The minimum Gasteiger partial charge on any atom is -0.352 e. The lowest BCUT2D eigenvalue weighted by Crippen LogP contribution is -2.23. The van der Waals surface area contributed by atoms with Gasteiger partial charge >= 0.3 is 0 Å². The standard InChI is InChI=1S/C14H17N5O/c1-10(2)19-14-17-8-12(9-18-14)13(20)16-7-11-4-3-5-15-6-11/h3-6,8-10H,7H2,1-2H3,(H,16,20)(H,17,18,19). The van der Waals surface area contributed by atoms with Crippen molar-refractivity contribution in [3.05, 3.63) is 48.0 Å². The highest BCUT2D eigenvalue weighted by Gasteiger charge is 2.07. The van der Waals surface area contributed by atoms with Gasteiger partial charge in [-0.3, -0.25) is 9.78 Å². The number of nitrogens with zero attached hydrogens (tertiary/aromatic N) is 3. The summed E-state index contributed by atoms with van der Waals surface area (Å²) in [6.07, 6.45) is 6.43. The summed E-state index contributed by atoms with van der Waals surface area (Å²) >= 11 is 0. The van der Waals surface area contributed by atoms with E-state index >= 15 is 0 Å². The Bertz CT molecular complexity index is 554. The van der Waals surface area contributed by atoms with Crippen LogP contribution in [0, 0.1) is 0 Å². The van der Waals surface area contributed by atoms with E-state index in [1.807, 2.05) is 26.0 Å². The van der Waals surface area contributed by atoms with Gasteiger partial charge in [-0.25, -0.2) is 9.97 Å². The third-order valence-corrected chi connectivity index (χ3v) is 2.51. The summed E-state index contributed by atoms with van der Waals surface area (Å²) in [5, 5.41) is 5.86. The second-order valence-corrected chi connectivity index (χ2v) is 4.64. The van der Waals surface area contributed by atoms with E-state index in [9.17, 15) is 4.79 Å². The first-order chi connectivity index (χ1) is 9.65. The summed E-state index contributed by atoms with van der Waals surface area (Å²) in [7, 11) is 0. The maximum absolute atomic E-state index is 11.9. The predicted molar refractivity (Wildman–Crippen MR) is 76.2 cm³/mol. The van der Waals surface area contributed by atoms with Crippen LogP contribution in [0.2, 0.25) is 0 Å². The number of pyridine rings is 1. The number of carbonyl (C=O) groups is 1. The molecule has 20 heavy (non-hydrogen) atoms. The molecule has 0 aliphatic carbocycles. The van der Waals surface area contributed by atoms with Crippen LogP contribution in [-0.2, 0) is 6.54 Å². The molecule has 0 atom stereocenters. The van der Waals surface area contributed by atoms with E-state index in [1.54, 1.807) is 12.4 Å². The highest BCUT2D eigenvalue weighted by molar-refractivity contribution is 5.93. The van der Waals surface area contributed by atoms with E-state index in [1.165, 1.54) is 12.4 Å². The van der Waals surface area contributed by atoms with Crippen LogP contribution >= 0.6 is 0 Å². The molecular weight excluding hydrogens is 254 g/mol. The molecule has 0 saturated carbocycles. The van der Waals surface area contributed by atoms with Crippen molar-refractivity contribution in [2.75, 3.05) is 5.32 Å². The number of hydrogen-bond donors (Lipinski definition) is 2. The monoisotopic (exact) mass is 271 g/mol. The van der Waals surface area contributed by atoms with Gasteiger partial charge in [-0.1, -0.05) is 6.07 Å². The van der Waals surface area contributed by atoms with E-state index in [2.05, 4.69) is 25.6 Å². The Hall–Kier alpha value is -2.50. The van der Waals surface area contributed by atoms with Crippen molar-refractivity contribution in [2.24, 2.45) is 0 Å². The van der Waals surface area contributed by atoms with Crippen LogP contribution in [0.15, 0.2) is 36.9 Å². The van der Waals surface area contributed by atoms with Crippen LogP contribution in [-0.4, -0.2) is 26.9 Å². The molecule has 2 heterocycles. The summed E-state index contributed by atoms with van der Waals surface area (Å²) < 4.78 is 0. The van der Waals surface area contributed by atoms with Gasteiger partial charge in [0.15, 0.2) is 0 Å². The average molecular weight is 271 g/mol. The van der Waals surface area contributed by atoms with Gasteiger partial charge in [-0.15, -0.1) is 0 Å². The molecule has 0 saturated heterocycles. The molecule has 0 aliphatic heterocycles. The number of rotatable bonds is 5. The molecule has 2 aromatic heterocycles. The Morgan fingerprint density at radius 3 is 2.60 bits per heavy atom. The largest absolute Gasteiger partial charge is 0.352 e. The molecule has 6 heteroatoms. The maximum atomic E-state index is 11.9. The smallest absolute Gasteiger partial charge is 0.254 e. The molecule has 0 spiro atoms. The van der Waals surface area contributed by atoms with Crippen LogP contribution in [0.4, 0.5) is 5.95 Å². The highest BCUT2D eigenvalue weighted by Crippen LogP contribution is 2.02. The molecule has 0 aromatic carbocycles. The maximum Gasteiger partial charge on any atom is 0.254 e. The summed E-state index contributed by atoms with van der Waals surface area (Å²) in [5.74, 6) is 0.314. The van der Waals surface area contributed by atoms with Crippen LogP contribution in [0.1, 0.15) is 29.8 Å². The fourth-order valence-electron chi connectivity index (χ4n) is 1.57. The second-order valence-electron chi connectivity index (χ2n) is 4.64. The number of aromatic nitrogens is 3. The van der Waals surface area contributed by atoms with Crippen molar-refractivity contribution in [1.29, 1.82) is 0 Å². The van der Waals surface area contributed by atoms with Crippen molar-refractivity contribution < 1.29 is 4.79 Å². The fraction of sp³-hybridized carbons (Fsp3) is 0.286. The molecular formula is C14H17N5O. The molecule has 0 aliphatic rings. The Morgan fingerprint density at radius 2 is 2.00 bits per heavy atom. The van der Waals surface area contributed by atoms with Crippen molar-refractivity contribution in [3.63, 3.8) is 0 Å². The fourth-order valence-corrected chi connectivity index (χ4v) is 1.57. The molecule has 6 nitrogen and oxygen atoms in total. The third kappa shape index (κ3) is 4.01. The lowest BCUT2D eigenvalue weighted by molar-refractivity contribution is 0.0950. The SMILES string of the molecule is CC(C)Nc1ncc(C(=O)NCc2cccnc2)cn1. The summed E-state index contributed by atoms with van der Waals surface area (Å²) in [5.41, 5.74) is 1.38. The molecule has 0 unspecified atom stereocenters. The zero-order valence-corrected chi connectivity index (χ0v) is 11.5. The van der Waals surface area contributed by atoms with E-state index in [4.69, 9.17) is 0 Å². The quantitative estimate of drug-likeness (QED) is 0.864. The van der Waals surface area contributed by atoms with Gasteiger partial charge in [0.2, 0.25) is 5.95 Å². The lowest BCUT2D eigenvalue weighted by atomic mass is 10.2. The molecule has 104 valence electrons. The summed E-state index contributed by atoms with van der Waals surface area (Å²) in [4.78, 5) is 24.1. The van der Waals surface area contributed by atoms with Gasteiger partial charge < -0.3 is 10.6 Å². The Balaban J connectivity index is 1.92. The molecule has 2 aromatic rings. The molecule has 2 N–H and O–H groups in total. The van der Waals surface area contributed by atoms with Crippen LogP contribution in [0.3, 0.4) is 0 Å². The highest BCUT2D eigenvalue weighted by atomic mass is 16.1. The molecule has 1 amide bonds. The zero-order chi connectivity index (χ0) is 14.4. The van der Waals surface area contributed by atoms with Crippen LogP contribution in [0.25, 0.3) is 0 Å². The molecule has 2 rings (SSSR count). The molecule has 0 bridgehead atoms. The lowest BCUT2D eigenvalue weighted by Gasteiger charge is -2.08. The third-order valence-electron chi connectivity index (χ3n) is 2.51. The first-order valence-electron chi connectivity index (χ1n) is 6.41. The van der Waals surface area contributed by atoms with Gasteiger partial charge in [0.25, 0.3) is 5.91 Å². The van der Waals surface area contributed by atoms with Crippen LogP contribution in [0.5, 0.6) is 0 Å². The second kappa shape index (κ2) is 6.60. The summed E-state index contributed by atoms with van der Waals surface area (Å²) in [6.45, 7) is 4.43. The number of carbonyl (C=O) groups excluding carboxylic acids is 1. The topological polar surface area (TPSA) is 79.8 Å². The van der Waals surface area contributed by atoms with Gasteiger partial charge in [-0.05, 0) is 25.5 Å². The first-order valence-corrected chi connectivity index (χ1v) is 6.41. The zero-order valence-electron chi connectivity index (χ0n) is 11.5. The first kappa shape index (κ1) is 13.9. The van der Waals surface area contributed by atoms with E-state index < -0.39 is 0 Å².